The van der Waals surface area contributed by atoms with E-state index >= 15 is 0 Å². The molecular formula is C18H24N4O3S. The number of phenols is 1. The molecule has 0 amide bonds. The summed E-state index contributed by atoms with van der Waals surface area (Å²) in [5, 5.41) is 26.9. The van der Waals surface area contributed by atoms with Crippen LogP contribution >= 0.6 is 11.8 Å². The number of aromatic hydroxyl groups is 1. The number of hydrogen-bond acceptors (Lipinski definition) is 6. The number of aliphatic carboxylic acids is 1. The summed E-state index contributed by atoms with van der Waals surface area (Å²) in [6.07, 6.45) is 3.12. The largest absolute Gasteiger partial charge is 0.507 e. The molecule has 0 fully saturated rings. The predicted octanol–water partition coefficient (Wildman–Crippen LogP) is 3.53. The number of carbonyl (C=O) groups is 1. The summed E-state index contributed by atoms with van der Waals surface area (Å²) in [6, 6.07) is 5.23. The zero-order valence-electron chi connectivity index (χ0n) is 15.2. The van der Waals surface area contributed by atoms with E-state index in [2.05, 4.69) is 20.1 Å². The van der Waals surface area contributed by atoms with Crippen molar-refractivity contribution in [2.75, 3.05) is 18.0 Å². The molecule has 0 radical (unpaired) electrons. The van der Waals surface area contributed by atoms with Gasteiger partial charge >= 0.3 is 5.97 Å². The van der Waals surface area contributed by atoms with Crippen LogP contribution in [-0.4, -0.2) is 44.5 Å². The SMILES string of the molecule is CCCc1nc(S/C(=C\c2ccc(N(CC)CC)cc2O)C(=O)O)n[nH]1. The number of benzene rings is 1. The molecule has 7 nitrogen and oxygen atoms in total. The molecule has 0 aliphatic rings. The fourth-order valence-electron chi connectivity index (χ4n) is 2.49. The highest BCUT2D eigenvalue weighted by Gasteiger charge is 2.15. The van der Waals surface area contributed by atoms with Gasteiger partial charge in [0.1, 0.15) is 16.5 Å². The number of nitrogens with zero attached hydrogens (tertiary/aromatic N) is 3. The topological polar surface area (TPSA) is 102 Å². The number of aromatic amines is 1. The number of hydrogen-bond donors (Lipinski definition) is 3. The second-order valence-corrected chi connectivity index (χ2v) is 6.65. The molecule has 0 aliphatic carbocycles. The van der Waals surface area contributed by atoms with Crippen LogP contribution in [0.5, 0.6) is 5.75 Å². The summed E-state index contributed by atoms with van der Waals surface area (Å²) in [6.45, 7) is 7.76. The summed E-state index contributed by atoms with van der Waals surface area (Å²) >= 11 is 0.953. The molecule has 1 aromatic heterocycles. The molecule has 1 heterocycles. The Morgan fingerprint density at radius 3 is 2.62 bits per heavy atom. The summed E-state index contributed by atoms with van der Waals surface area (Å²) in [5.41, 5.74) is 1.34. The summed E-state index contributed by atoms with van der Waals surface area (Å²) < 4.78 is 0. The van der Waals surface area contributed by atoms with E-state index < -0.39 is 5.97 Å². The minimum Gasteiger partial charge on any atom is -0.507 e. The first-order valence-corrected chi connectivity index (χ1v) is 9.42. The van der Waals surface area contributed by atoms with Crippen molar-refractivity contribution >= 4 is 29.5 Å². The maximum atomic E-state index is 11.6. The Labute approximate surface area is 157 Å². The van der Waals surface area contributed by atoms with Crippen LogP contribution in [0.15, 0.2) is 28.3 Å². The van der Waals surface area contributed by atoms with Gasteiger partial charge < -0.3 is 15.1 Å². The van der Waals surface area contributed by atoms with Gasteiger partial charge in [-0.1, -0.05) is 6.92 Å². The average molecular weight is 376 g/mol. The molecule has 0 bridgehead atoms. The Balaban J connectivity index is 2.26. The first-order valence-electron chi connectivity index (χ1n) is 8.60. The van der Waals surface area contributed by atoms with E-state index in [9.17, 15) is 15.0 Å². The van der Waals surface area contributed by atoms with Crippen molar-refractivity contribution in [2.24, 2.45) is 0 Å². The highest BCUT2D eigenvalue weighted by atomic mass is 32.2. The van der Waals surface area contributed by atoms with E-state index in [0.29, 0.717) is 10.7 Å². The van der Waals surface area contributed by atoms with Gasteiger partial charge in [-0.05, 0) is 50.2 Å². The van der Waals surface area contributed by atoms with Crippen molar-refractivity contribution < 1.29 is 15.0 Å². The van der Waals surface area contributed by atoms with Gasteiger partial charge in [0.05, 0.1) is 0 Å². The zero-order valence-corrected chi connectivity index (χ0v) is 16.0. The second kappa shape index (κ2) is 9.28. The van der Waals surface area contributed by atoms with Gasteiger partial charge in [-0.2, -0.15) is 0 Å². The number of nitrogens with one attached hydrogen (secondary N) is 1. The van der Waals surface area contributed by atoms with Crippen LogP contribution in [0, 0.1) is 0 Å². The number of aromatic nitrogens is 3. The number of rotatable bonds is 9. The van der Waals surface area contributed by atoms with Crippen molar-refractivity contribution in [3.05, 3.63) is 34.5 Å². The van der Waals surface area contributed by atoms with Crippen molar-refractivity contribution in [1.82, 2.24) is 15.2 Å². The van der Waals surface area contributed by atoms with Gasteiger partial charge in [0.25, 0.3) is 0 Å². The third-order valence-electron chi connectivity index (χ3n) is 3.84. The molecule has 0 atom stereocenters. The third kappa shape index (κ3) is 5.01. The van der Waals surface area contributed by atoms with Crippen LogP contribution in [0.1, 0.15) is 38.6 Å². The van der Waals surface area contributed by atoms with Gasteiger partial charge in [-0.15, -0.1) is 5.10 Å². The molecule has 3 N–H and O–H groups in total. The fourth-order valence-corrected chi connectivity index (χ4v) is 3.20. The number of carboxylic acid groups (broad SMARTS) is 1. The first kappa shape index (κ1) is 19.8. The monoisotopic (exact) mass is 376 g/mol. The summed E-state index contributed by atoms with van der Waals surface area (Å²) in [5.74, 6) is -0.328. The number of aryl methyl sites for hydroxylation is 1. The highest BCUT2D eigenvalue weighted by molar-refractivity contribution is 8.04. The Morgan fingerprint density at radius 2 is 2.04 bits per heavy atom. The van der Waals surface area contributed by atoms with E-state index in [4.69, 9.17) is 0 Å². The van der Waals surface area contributed by atoms with Gasteiger partial charge in [0.15, 0.2) is 0 Å². The van der Waals surface area contributed by atoms with Gasteiger partial charge in [-0.3, -0.25) is 5.10 Å². The van der Waals surface area contributed by atoms with Crippen molar-refractivity contribution in [2.45, 2.75) is 38.8 Å². The molecule has 26 heavy (non-hydrogen) atoms. The number of thioether (sulfide) groups is 1. The van der Waals surface area contributed by atoms with Crippen molar-refractivity contribution in [3.63, 3.8) is 0 Å². The van der Waals surface area contributed by atoms with Gasteiger partial charge in [0, 0.05) is 36.8 Å². The van der Waals surface area contributed by atoms with Crippen LogP contribution in [0.2, 0.25) is 0 Å². The van der Waals surface area contributed by atoms with Crippen LogP contribution in [0.3, 0.4) is 0 Å². The number of phenolic OH excluding ortho intramolecular Hbond substituents is 1. The second-order valence-electron chi connectivity index (χ2n) is 5.65. The lowest BCUT2D eigenvalue weighted by Crippen LogP contribution is -2.21. The minimum absolute atomic E-state index is 0.0374. The smallest absolute Gasteiger partial charge is 0.342 e. The van der Waals surface area contributed by atoms with E-state index in [1.807, 2.05) is 26.8 Å². The lowest BCUT2D eigenvalue weighted by molar-refractivity contribution is -0.131. The predicted molar refractivity (Wildman–Crippen MR) is 104 cm³/mol. The molecule has 8 heteroatoms. The van der Waals surface area contributed by atoms with Crippen LogP contribution in [-0.2, 0) is 11.2 Å². The molecule has 0 aliphatic heterocycles. The zero-order chi connectivity index (χ0) is 19.1. The lowest BCUT2D eigenvalue weighted by Gasteiger charge is -2.21. The van der Waals surface area contributed by atoms with Crippen molar-refractivity contribution in [1.29, 1.82) is 0 Å². The third-order valence-corrected chi connectivity index (χ3v) is 4.72. The van der Waals surface area contributed by atoms with Crippen LogP contribution < -0.4 is 4.90 Å². The number of anilines is 1. The summed E-state index contributed by atoms with van der Waals surface area (Å²) in [7, 11) is 0. The van der Waals surface area contributed by atoms with E-state index in [0.717, 1.165) is 49.2 Å². The van der Waals surface area contributed by atoms with Crippen LogP contribution in [0.25, 0.3) is 6.08 Å². The molecular weight excluding hydrogens is 352 g/mol. The van der Waals surface area contributed by atoms with E-state index in [-0.39, 0.29) is 10.7 Å². The Bertz CT molecular complexity index is 784. The standard InChI is InChI=1S/C18H24N4O3S/c1-4-7-16-19-18(21-20-16)26-15(17(24)25)10-12-8-9-13(11-14(12)23)22(5-2)6-3/h8-11,23H,4-7H2,1-3H3,(H,24,25)(H,19,20,21)/b15-10-. The maximum absolute atomic E-state index is 11.6. The fraction of sp³-hybridized carbons (Fsp3) is 0.389. The molecule has 0 spiro atoms. The molecule has 2 aromatic rings. The highest BCUT2D eigenvalue weighted by Crippen LogP contribution is 2.31. The maximum Gasteiger partial charge on any atom is 0.342 e. The Kier molecular flexibility index (Phi) is 7.08. The van der Waals surface area contributed by atoms with Gasteiger partial charge in [0.2, 0.25) is 5.16 Å². The van der Waals surface area contributed by atoms with Crippen molar-refractivity contribution in [3.8, 4) is 5.75 Å². The first-order chi connectivity index (χ1) is 12.5. The normalized spacial score (nSPS) is 11.6. The molecule has 0 saturated heterocycles. The molecule has 2 rings (SSSR count). The molecule has 1 aromatic carbocycles. The van der Waals surface area contributed by atoms with E-state index in [1.54, 1.807) is 12.1 Å². The molecule has 0 saturated carbocycles. The lowest BCUT2D eigenvalue weighted by atomic mass is 10.1. The quantitative estimate of drug-likeness (QED) is 0.454. The number of carboxylic acids is 1. The number of H-pyrrole nitrogens is 1. The Hall–Kier alpha value is -2.48. The Morgan fingerprint density at radius 1 is 1.31 bits per heavy atom. The van der Waals surface area contributed by atoms with E-state index in [1.165, 1.54) is 6.08 Å². The minimum atomic E-state index is -1.09. The molecule has 0 unspecified atom stereocenters. The summed E-state index contributed by atoms with van der Waals surface area (Å²) in [4.78, 5) is 18.0. The van der Waals surface area contributed by atoms with Gasteiger partial charge in [-0.25, -0.2) is 9.78 Å². The average Bonchev–Trinajstić information content (AvgIpc) is 3.05. The molecule has 140 valence electrons. The van der Waals surface area contributed by atoms with Crippen LogP contribution in [0.4, 0.5) is 5.69 Å².